The highest BCUT2D eigenvalue weighted by Crippen LogP contribution is 2.28. The second kappa shape index (κ2) is 5.87. The first-order valence-corrected chi connectivity index (χ1v) is 6.17. The molecule has 1 fully saturated rings. The highest BCUT2D eigenvalue weighted by Gasteiger charge is 2.28. The van der Waals surface area contributed by atoms with Crippen molar-refractivity contribution < 1.29 is 14.3 Å². The van der Waals surface area contributed by atoms with Gasteiger partial charge >= 0.3 is 5.97 Å². The van der Waals surface area contributed by atoms with E-state index in [9.17, 15) is 4.79 Å². The van der Waals surface area contributed by atoms with Gasteiger partial charge in [-0.15, -0.1) is 0 Å². The molecule has 4 heteroatoms. The van der Waals surface area contributed by atoms with Crippen LogP contribution in [0.3, 0.4) is 0 Å². The summed E-state index contributed by atoms with van der Waals surface area (Å²) in [6.45, 7) is 1.61. The Balaban J connectivity index is 2.05. The van der Waals surface area contributed by atoms with Crippen molar-refractivity contribution in [2.75, 3.05) is 27.3 Å². The normalized spacial score (nSPS) is 23.4. The number of nitrogens with one attached hydrogen (secondary N) is 1. The number of methoxy groups -OCH3 is 2. The second-order valence-electron chi connectivity index (χ2n) is 4.58. The lowest BCUT2D eigenvalue weighted by Crippen LogP contribution is -2.39. The van der Waals surface area contributed by atoms with Crippen molar-refractivity contribution in [3.63, 3.8) is 0 Å². The lowest BCUT2D eigenvalue weighted by Gasteiger charge is -2.28. The molecule has 98 valence electrons. The van der Waals surface area contributed by atoms with Gasteiger partial charge in [0.1, 0.15) is 5.75 Å². The first-order valence-electron chi connectivity index (χ1n) is 6.17. The summed E-state index contributed by atoms with van der Waals surface area (Å²) in [6.07, 6.45) is 0.839. The van der Waals surface area contributed by atoms with Gasteiger partial charge < -0.3 is 14.8 Å². The number of benzene rings is 1. The average Bonchev–Trinajstić information content (AvgIpc) is 2.46. The summed E-state index contributed by atoms with van der Waals surface area (Å²) in [7, 11) is 3.10. The molecular formula is C14H19NO3. The van der Waals surface area contributed by atoms with Crippen LogP contribution in [0.15, 0.2) is 24.3 Å². The molecular weight excluding hydrogens is 230 g/mol. The van der Waals surface area contributed by atoms with Crippen LogP contribution in [0.1, 0.15) is 17.9 Å². The van der Waals surface area contributed by atoms with E-state index in [-0.39, 0.29) is 11.9 Å². The molecule has 0 radical (unpaired) electrons. The van der Waals surface area contributed by atoms with Crippen LogP contribution in [0, 0.1) is 5.92 Å². The SMILES string of the molecule is COC(=O)C1CNCC(c2ccc(OC)cc2)C1. The van der Waals surface area contributed by atoms with Crippen LogP contribution in [-0.4, -0.2) is 33.3 Å². The second-order valence-corrected chi connectivity index (χ2v) is 4.58. The molecule has 1 aromatic rings. The number of piperidine rings is 1. The van der Waals surface area contributed by atoms with Crippen molar-refractivity contribution in [3.05, 3.63) is 29.8 Å². The standard InChI is InChI=1S/C14H19NO3/c1-17-13-5-3-10(4-6-13)11-7-12(9-15-8-11)14(16)18-2/h3-6,11-12,15H,7-9H2,1-2H3. The van der Waals surface area contributed by atoms with Crippen LogP contribution in [0.4, 0.5) is 0 Å². The Morgan fingerprint density at radius 3 is 2.56 bits per heavy atom. The first-order chi connectivity index (χ1) is 8.74. The Morgan fingerprint density at radius 1 is 1.22 bits per heavy atom. The molecule has 0 aliphatic carbocycles. The molecule has 1 heterocycles. The Kier molecular flexibility index (Phi) is 4.20. The summed E-state index contributed by atoms with van der Waals surface area (Å²) >= 11 is 0. The molecule has 4 nitrogen and oxygen atoms in total. The molecule has 0 spiro atoms. The van der Waals surface area contributed by atoms with Gasteiger partial charge in [0.25, 0.3) is 0 Å². The van der Waals surface area contributed by atoms with Gasteiger partial charge in [-0.05, 0) is 30.0 Å². The summed E-state index contributed by atoms with van der Waals surface area (Å²) in [4.78, 5) is 11.6. The molecule has 2 atom stereocenters. The Hall–Kier alpha value is -1.55. The number of carbonyl (C=O) groups excluding carboxylic acids is 1. The Morgan fingerprint density at radius 2 is 1.94 bits per heavy atom. The van der Waals surface area contributed by atoms with Gasteiger partial charge in [0.05, 0.1) is 20.1 Å². The Labute approximate surface area is 107 Å². The predicted molar refractivity (Wildman–Crippen MR) is 68.7 cm³/mol. The third-order valence-electron chi connectivity index (χ3n) is 3.47. The van der Waals surface area contributed by atoms with Gasteiger partial charge in [0.2, 0.25) is 0 Å². The molecule has 0 saturated carbocycles. The van der Waals surface area contributed by atoms with E-state index in [2.05, 4.69) is 17.4 Å². The summed E-state index contributed by atoms with van der Waals surface area (Å²) in [5.41, 5.74) is 1.23. The van der Waals surface area contributed by atoms with E-state index in [1.807, 2.05) is 12.1 Å². The fraction of sp³-hybridized carbons (Fsp3) is 0.500. The number of carbonyl (C=O) groups is 1. The molecule has 2 rings (SSSR count). The van der Waals surface area contributed by atoms with Crippen LogP contribution < -0.4 is 10.1 Å². The van der Waals surface area contributed by atoms with E-state index >= 15 is 0 Å². The summed E-state index contributed by atoms with van der Waals surface area (Å²) < 4.78 is 9.95. The van der Waals surface area contributed by atoms with Gasteiger partial charge in [-0.25, -0.2) is 0 Å². The fourth-order valence-corrected chi connectivity index (χ4v) is 2.42. The van der Waals surface area contributed by atoms with Crippen LogP contribution >= 0.6 is 0 Å². The summed E-state index contributed by atoms with van der Waals surface area (Å²) in [6, 6.07) is 8.03. The van der Waals surface area contributed by atoms with E-state index < -0.39 is 0 Å². The highest BCUT2D eigenvalue weighted by molar-refractivity contribution is 5.72. The molecule has 0 aromatic heterocycles. The monoisotopic (exact) mass is 249 g/mol. The maximum atomic E-state index is 11.6. The van der Waals surface area contributed by atoms with E-state index in [0.29, 0.717) is 12.5 Å². The number of rotatable bonds is 3. The quantitative estimate of drug-likeness (QED) is 0.826. The highest BCUT2D eigenvalue weighted by atomic mass is 16.5. The van der Waals surface area contributed by atoms with Gasteiger partial charge in [0.15, 0.2) is 0 Å². The Bertz CT molecular complexity index is 402. The van der Waals surface area contributed by atoms with Crippen molar-refractivity contribution in [1.82, 2.24) is 5.32 Å². The lowest BCUT2D eigenvalue weighted by molar-refractivity contribution is -0.146. The van der Waals surface area contributed by atoms with E-state index in [4.69, 9.17) is 9.47 Å². The number of esters is 1. The van der Waals surface area contributed by atoms with Crippen molar-refractivity contribution in [1.29, 1.82) is 0 Å². The zero-order valence-corrected chi connectivity index (χ0v) is 10.8. The lowest BCUT2D eigenvalue weighted by atomic mass is 9.85. The number of hydrogen-bond donors (Lipinski definition) is 1. The largest absolute Gasteiger partial charge is 0.497 e. The molecule has 1 aliphatic heterocycles. The maximum absolute atomic E-state index is 11.6. The number of ether oxygens (including phenoxy) is 2. The molecule has 1 aromatic carbocycles. The van der Waals surface area contributed by atoms with Crippen LogP contribution in [0.5, 0.6) is 5.75 Å². The summed E-state index contributed by atoms with van der Waals surface area (Å²) in [5.74, 6) is 1.04. The molecule has 18 heavy (non-hydrogen) atoms. The van der Waals surface area contributed by atoms with Crippen molar-refractivity contribution >= 4 is 5.97 Å². The molecule has 2 unspecified atom stereocenters. The van der Waals surface area contributed by atoms with E-state index in [1.165, 1.54) is 12.7 Å². The third kappa shape index (κ3) is 2.82. The molecule has 0 amide bonds. The number of hydrogen-bond acceptors (Lipinski definition) is 4. The van der Waals surface area contributed by atoms with Crippen LogP contribution in [0.2, 0.25) is 0 Å². The molecule has 0 bridgehead atoms. The smallest absolute Gasteiger partial charge is 0.309 e. The average molecular weight is 249 g/mol. The summed E-state index contributed by atoms with van der Waals surface area (Å²) in [5, 5.41) is 3.30. The van der Waals surface area contributed by atoms with E-state index in [0.717, 1.165) is 18.7 Å². The van der Waals surface area contributed by atoms with Crippen molar-refractivity contribution in [3.8, 4) is 5.75 Å². The van der Waals surface area contributed by atoms with Crippen molar-refractivity contribution in [2.24, 2.45) is 5.92 Å². The topological polar surface area (TPSA) is 47.6 Å². The first kappa shape index (κ1) is 12.9. The van der Waals surface area contributed by atoms with Gasteiger partial charge in [-0.2, -0.15) is 0 Å². The van der Waals surface area contributed by atoms with Gasteiger partial charge in [-0.1, -0.05) is 12.1 Å². The predicted octanol–water partition coefficient (Wildman–Crippen LogP) is 1.56. The van der Waals surface area contributed by atoms with Crippen LogP contribution in [0.25, 0.3) is 0 Å². The van der Waals surface area contributed by atoms with Gasteiger partial charge in [0, 0.05) is 13.1 Å². The van der Waals surface area contributed by atoms with E-state index in [1.54, 1.807) is 7.11 Å². The van der Waals surface area contributed by atoms with Crippen LogP contribution in [-0.2, 0) is 9.53 Å². The van der Waals surface area contributed by atoms with Crippen molar-refractivity contribution in [2.45, 2.75) is 12.3 Å². The third-order valence-corrected chi connectivity index (χ3v) is 3.47. The minimum Gasteiger partial charge on any atom is -0.497 e. The van der Waals surface area contributed by atoms with Gasteiger partial charge in [-0.3, -0.25) is 4.79 Å². The fourth-order valence-electron chi connectivity index (χ4n) is 2.42. The zero-order valence-electron chi connectivity index (χ0n) is 10.8. The maximum Gasteiger partial charge on any atom is 0.309 e. The molecule has 1 N–H and O–H groups in total. The molecule has 1 saturated heterocycles. The zero-order chi connectivity index (χ0) is 13.0. The minimum atomic E-state index is -0.124. The molecule has 1 aliphatic rings. The minimum absolute atomic E-state index is 0.0455.